The predicted octanol–water partition coefficient (Wildman–Crippen LogP) is 12.1. The van der Waals surface area contributed by atoms with Gasteiger partial charge < -0.3 is 27.6 Å². The molecule has 0 aromatic heterocycles. The van der Waals surface area contributed by atoms with Crippen molar-refractivity contribution in [2.24, 2.45) is 10.2 Å². The Labute approximate surface area is 347 Å². The van der Waals surface area contributed by atoms with Gasteiger partial charge in [-0.2, -0.15) is 0 Å². The van der Waals surface area contributed by atoms with Crippen molar-refractivity contribution in [1.29, 1.82) is 0 Å². The summed E-state index contributed by atoms with van der Waals surface area (Å²) in [5.41, 5.74) is 10.3. The Morgan fingerprint density at radius 2 is 1.33 bits per heavy atom. The van der Waals surface area contributed by atoms with Crippen molar-refractivity contribution in [3.63, 3.8) is 0 Å². The standard InChI is InChI=1S/C39H66N6O8P3S/c1-10-14-16-17-28-38(13-4,42-43-40)52-36-24-20-35(21-25-36)31-41-44(5)54(57)39(27-12-3,29-15-11-2)53-37-22-18-34(19-23-37)26-30-45(32-55(46,48-6)49-7)33-56(47,50-8)51-9/h18-25,31H,10-17,26-30,32-33H2,1-9H3/q+1/b41-31+. The van der Waals surface area contributed by atoms with Crippen LogP contribution in [0, 0.1) is 0 Å². The van der Waals surface area contributed by atoms with E-state index in [9.17, 15) is 14.7 Å². The van der Waals surface area contributed by atoms with E-state index in [0.717, 1.165) is 68.9 Å². The minimum atomic E-state index is -3.44. The molecule has 0 saturated carbocycles. The lowest BCUT2D eigenvalue weighted by atomic mass is 10.0. The Bertz CT molecular complexity index is 1620. The third-order valence-electron chi connectivity index (χ3n) is 9.74. The van der Waals surface area contributed by atoms with Crippen molar-refractivity contribution in [1.82, 2.24) is 9.68 Å². The Morgan fingerprint density at radius 1 is 0.772 bits per heavy atom. The zero-order valence-corrected chi connectivity index (χ0v) is 39.0. The van der Waals surface area contributed by atoms with Crippen LogP contribution in [0.4, 0.5) is 0 Å². The van der Waals surface area contributed by atoms with Crippen LogP contribution in [0.5, 0.6) is 11.5 Å². The molecule has 0 aliphatic heterocycles. The first-order valence-corrected chi connectivity index (χ1v) is 25.6. The second-order valence-electron chi connectivity index (χ2n) is 13.9. The quantitative estimate of drug-likeness (QED) is 0.0135. The van der Waals surface area contributed by atoms with E-state index in [0.29, 0.717) is 37.3 Å². The van der Waals surface area contributed by atoms with Gasteiger partial charge in [-0.15, -0.1) is 9.88 Å². The van der Waals surface area contributed by atoms with Crippen LogP contribution in [0.15, 0.2) is 58.7 Å². The van der Waals surface area contributed by atoms with Gasteiger partial charge in [0.25, 0.3) is 5.34 Å². The van der Waals surface area contributed by atoms with Crippen LogP contribution in [0.1, 0.15) is 109 Å². The maximum atomic E-state index is 13.0. The summed E-state index contributed by atoms with van der Waals surface area (Å²) in [4.78, 5) is 4.82. The number of ether oxygens (including phenoxy) is 2. The van der Waals surface area contributed by atoms with Crippen LogP contribution in [0.25, 0.3) is 10.4 Å². The number of nitrogens with zero attached hydrogens (tertiary/aromatic N) is 6. The molecule has 2 aromatic carbocycles. The maximum Gasteiger partial charge on any atom is 0.358 e. The number of unbranched alkanes of at least 4 members (excludes halogenated alkanes) is 4. The fourth-order valence-corrected chi connectivity index (χ4v) is 11.0. The van der Waals surface area contributed by atoms with Gasteiger partial charge in [-0.3, -0.25) is 14.0 Å². The van der Waals surface area contributed by atoms with Crippen molar-refractivity contribution in [3.8, 4) is 11.5 Å². The fraction of sp³-hybridized carbons (Fsp3) is 0.667. The van der Waals surface area contributed by atoms with Crippen LogP contribution >= 0.6 is 22.0 Å². The molecular formula is C39H66N6O8P3S+. The Balaban J connectivity index is 2.24. The molecule has 2 rings (SSSR count). The first-order valence-electron chi connectivity index (χ1n) is 19.8. The van der Waals surface area contributed by atoms with Crippen molar-refractivity contribution >= 4 is 40.1 Å². The molecule has 0 aliphatic carbocycles. The topological polar surface area (TPSA) is 157 Å². The molecule has 0 N–H and O–H groups in total. The minimum Gasteiger partial charge on any atom is -0.481 e. The Hall–Kier alpha value is -2.40. The third-order valence-corrected chi connectivity index (χ3v) is 17.0. The maximum absolute atomic E-state index is 13.0. The number of benzene rings is 2. The van der Waals surface area contributed by atoms with E-state index >= 15 is 0 Å². The molecule has 0 saturated heterocycles. The highest BCUT2D eigenvalue weighted by Gasteiger charge is 2.49. The SMILES string of the molecule is CCCCCCC(CC)(N=[N+]=[N-])Oc1ccc(/C=N/N(C)[P+](=S)C(CCC)(CCCC)Oc2ccc(CCN(CP(=O)(OC)OC)CP(=O)(OC)OC)cc2)cc1. The molecule has 3 unspecified atom stereocenters. The molecule has 57 heavy (non-hydrogen) atoms. The monoisotopic (exact) mass is 871 g/mol. The van der Waals surface area contributed by atoms with Crippen LogP contribution in [0.2, 0.25) is 0 Å². The number of hydrogen-bond donors (Lipinski definition) is 0. The minimum absolute atomic E-state index is 0.0787. The van der Waals surface area contributed by atoms with Gasteiger partial charge in [-0.1, -0.05) is 65.5 Å². The molecule has 0 heterocycles. The highest BCUT2D eigenvalue weighted by Crippen LogP contribution is 2.52. The average molecular weight is 872 g/mol. The highest BCUT2D eigenvalue weighted by atomic mass is 32.4. The summed E-state index contributed by atoms with van der Waals surface area (Å²) in [6.07, 6.45) is 12.1. The molecule has 14 nitrogen and oxygen atoms in total. The molecule has 2 aromatic rings. The summed E-state index contributed by atoms with van der Waals surface area (Å²) in [7, 11) is 0.324. The first kappa shape index (κ1) is 50.7. The molecule has 0 aliphatic rings. The zero-order chi connectivity index (χ0) is 42.4. The van der Waals surface area contributed by atoms with Gasteiger partial charge in [0.2, 0.25) is 0 Å². The smallest absolute Gasteiger partial charge is 0.358 e. The molecule has 0 radical (unpaired) electrons. The lowest BCUT2D eigenvalue weighted by Crippen LogP contribution is -2.35. The van der Waals surface area contributed by atoms with Crippen LogP contribution in [-0.4, -0.2) is 81.6 Å². The van der Waals surface area contributed by atoms with E-state index in [2.05, 4.69) is 30.8 Å². The number of azide groups is 1. The van der Waals surface area contributed by atoms with Gasteiger partial charge in [-0.05, 0) is 96.7 Å². The van der Waals surface area contributed by atoms with Crippen molar-refractivity contribution in [3.05, 3.63) is 70.1 Å². The summed E-state index contributed by atoms with van der Waals surface area (Å²) in [6.45, 7) is 7.55. The second-order valence-corrected chi connectivity index (χ2v) is 21.4. The molecule has 0 bridgehead atoms. The summed E-state index contributed by atoms with van der Waals surface area (Å²) >= 11 is 6.28. The van der Waals surface area contributed by atoms with E-state index in [1.54, 1.807) is 11.1 Å². The lowest BCUT2D eigenvalue weighted by molar-refractivity contribution is 0.0594. The molecular weight excluding hydrogens is 805 g/mol. The molecule has 3 atom stereocenters. The van der Waals surface area contributed by atoms with Gasteiger partial charge in [0.15, 0.2) is 17.5 Å². The van der Waals surface area contributed by atoms with Crippen LogP contribution in [-0.2, 0) is 45.5 Å². The van der Waals surface area contributed by atoms with E-state index in [4.69, 9.17) is 44.5 Å². The van der Waals surface area contributed by atoms with Crippen molar-refractivity contribution in [2.75, 3.05) is 54.6 Å². The fourth-order valence-electron chi connectivity index (χ4n) is 6.24. The largest absolute Gasteiger partial charge is 0.481 e. The summed E-state index contributed by atoms with van der Waals surface area (Å²) in [5, 5.41) is 8.25. The molecule has 320 valence electrons. The molecule has 18 heteroatoms. The van der Waals surface area contributed by atoms with Gasteiger partial charge in [0.1, 0.15) is 24.1 Å². The second kappa shape index (κ2) is 25.9. The van der Waals surface area contributed by atoms with E-state index in [-0.39, 0.29) is 12.6 Å². The third kappa shape index (κ3) is 16.6. The van der Waals surface area contributed by atoms with Gasteiger partial charge in [-0.25, -0.2) is 0 Å². The first-order chi connectivity index (χ1) is 27.3. The van der Waals surface area contributed by atoms with Gasteiger partial charge in [0.05, 0.1) is 13.3 Å². The van der Waals surface area contributed by atoms with Crippen molar-refractivity contribution in [2.45, 2.75) is 116 Å². The normalized spacial score (nSPS) is 14.5. The van der Waals surface area contributed by atoms with E-state index in [1.807, 2.05) is 67.3 Å². The van der Waals surface area contributed by atoms with Gasteiger partial charge >= 0.3 is 22.0 Å². The molecule has 0 fully saturated rings. The summed E-state index contributed by atoms with van der Waals surface area (Å²) < 4.78 is 61.6. The van der Waals surface area contributed by atoms with E-state index < -0.39 is 33.1 Å². The number of hydrogen-bond acceptors (Lipinski definition) is 12. The highest BCUT2D eigenvalue weighted by molar-refractivity contribution is 8.04. The Kier molecular flexibility index (Phi) is 23.1. The van der Waals surface area contributed by atoms with Crippen LogP contribution in [0.3, 0.4) is 0 Å². The molecule has 0 amide bonds. The number of rotatable bonds is 31. The Morgan fingerprint density at radius 3 is 1.84 bits per heavy atom. The zero-order valence-electron chi connectivity index (χ0n) is 35.5. The van der Waals surface area contributed by atoms with Gasteiger partial charge in [0, 0.05) is 52.7 Å². The predicted molar refractivity (Wildman–Crippen MR) is 235 cm³/mol. The average Bonchev–Trinajstić information content (AvgIpc) is 3.23. The lowest BCUT2D eigenvalue weighted by Gasteiger charge is -2.29. The summed E-state index contributed by atoms with van der Waals surface area (Å²) in [6, 6.07) is 15.5. The summed E-state index contributed by atoms with van der Waals surface area (Å²) in [5.74, 6) is 1.35. The van der Waals surface area contributed by atoms with Crippen molar-refractivity contribution < 1.29 is 36.7 Å². The van der Waals surface area contributed by atoms with E-state index in [1.165, 1.54) is 28.4 Å². The number of hydrazone groups is 1. The molecule has 0 spiro atoms. The van der Waals surface area contributed by atoms with Crippen LogP contribution < -0.4 is 9.47 Å².